The second-order valence-electron chi connectivity index (χ2n) is 8.28. The molecule has 2 aliphatic heterocycles. The number of aromatic nitrogens is 2. The summed E-state index contributed by atoms with van der Waals surface area (Å²) in [4.78, 5) is 22.6. The van der Waals surface area contributed by atoms with E-state index in [1.807, 2.05) is 17.0 Å². The number of hydrogen-bond acceptors (Lipinski definition) is 5. The molecule has 160 valence electrons. The molecular weight excluding hydrogens is 395 g/mol. The van der Waals surface area contributed by atoms with Gasteiger partial charge in [0, 0.05) is 18.7 Å². The number of carbonyl (C=O) groups excluding carboxylic acids is 1. The Morgan fingerprint density at radius 3 is 2.68 bits per heavy atom. The van der Waals surface area contributed by atoms with Crippen molar-refractivity contribution in [1.29, 1.82) is 0 Å². The van der Waals surface area contributed by atoms with Gasteiger partial charge in [-0.05, 0) is 75.2 Å². The molecule has 1 atom stereocenters. The fraction of sp³-hybridized carbons (Fsp3) is 0.375. The number of rotatable bonds is 5. The van der Waals surface area contributed by atoms with Crippen molar-refractivity contribution in [2.75, 3.05) is 19.6 Å². The minimum atomic E-state index is -0.334. The zero-order chi connectivity index (χ0) is 21.2. The second kappa shape index (κ2) is 8.59. The Kier molecular flexibility index (Phi) is 5.51. The molecule has 2 fully saturated rings. The zero-order valence-corrected chi connectivity index (χ0v) is 17.3. The summed E-state index contributed by atoms with van der Waals surface area (Å²) in [7, 11) is 0. The molecule has 2 aliphatic rings. The van der Waals surface area contributed by atoms with Gasteiger partial charge >= 0.3 is 0 Å². The van der Waals surface area contributed by atoms with Gasteiger partial charge in [-0.1, -0.05) is 11.2 Å². The van der Waals surface area contributed by atoms with E-state index in [-0.39, 0.29) is 17.8 Å². The SMILES string of the molecule is O=C(c1conc1-c1ccc(F)cc1)N1CCCC1c1cccc(CN2CCCC2)n1. The molecule has 1 amide bonds. The number of likely N-dealkylation sites (tertiary alicyclic amines) is 2. The Morgan fingerprint density at radius 2 is 1.87 bits per heavy atom. The van der Waals surface area contributed by atoms with Crippen molar-refractivity contribution in [2.24, 2.45) is 0 Å². The Labute approximate surface area is 180 Å². The third-order valence-electron chi connectivity index (χ3n) is 6.19. The van der Waals surface area contributed by atoms with Gasteiger partial charge in [0.15, 0.2) is 0 Å². The minimum absolute atomic E-state index is 0.0676. The standard InChI is InChI=1S/C24H25FN4O2/c25-18-10-8-17(9-11-18)23-20(16-31-27-23)24(30)29-14-4-7-22(29)21-6-3-5-19(26-21)15-28-12-1-2-13-28/h3,5-6,8-11,16,22H,1-2,4,7,12-15H2. The third kappa shape index (κ3) is 4.10. The highest BCUT2D eigenvalue weighted by molar-refractivity contribution is 5.99. The van der Waals surface area contributed by atoms with E-state index >= 15 is 0 Å². The van der Waals surface area contributed by atoms with Gasteiger partial charge in [0.05, 0.1) is 17.4 Å². The van der Waals surface area contributed by atoms with Crippen LogP contribution in [0.5, 0.6) is 0 Å². The number of halogens is 1. The molecule has 0 bridgehead atoms. The fourth-order valence-electron chi connectivity index (χ4n) is 4.62. The van der Waals surface area contributed by atoms with Crippen molar-refractivity contribution in [2.45, 2.75) is 38.3 Å². The van der Waals surface area contributed by atoms with E-state index < -0.39 is 0 Å². The summed E-state index contributed by atoms with van der Waals surface area (Å²) in [5.41, 5.74) is 3.47. The Bertz CT molecular complexity index is 1060. The molecule has 0 spiro atoms. The molecule has 0 saturated carbocycles. The molecule has 1 unspecified atom stereocenters. The topological polar surface area (TPSA) is 62.5 Å². The van der Waals surface area contributed by atoms with E-state index in [4.69, 9.17) is 9.51 Å². The maximum absolute atomic E-state index is 13.4. The summed E-state index contributed by atoms with van der Waals surface area (Å²) < 4.78 is 18.4. The number of amides is 1. The highest BCUT2D eigenvalue weighted by Gasteiger charge is 2.34. The van der Waals surface area contributed by atoms with Crippen LogP contribution in [0.25, 0.3) is 11.3 Å². The lowest BCUT2D eigenvalue weighted by Gasteiger charge is -2.25. The largest absolute Gasteiger partial charge is 0.363 e. The van der Waals surface area contributed by atoms with Crippen molar-refractivity contribution in [3.8, 4) is 11.3 Å². The molecule has 0 aliphatic carbocycles. The number of nitrogens with zero attached hydrogens (tertiary/aromatic N) is 4. The lowest BCUT2D eigenvalue weighted by Crippen LogP contribution is -2.31. The van der Waals surface area contributed by atoms with Crippen LogP contribution in [0.1, 0.15) is 53.5 Å². The van der Waals surface area contributed by atoms with E-state index in [9.17, 15) is 9.18 Å². The van der Waals surface area contributed by atoms with Gasteiger partial charge in [0.1, 0.15) is 23.3 Å². The molecule has 6 nitrogen and oxygen atoms in total. The number of carbonyl (C=O) groups is 1. The van der Waals surface area contributed by atoms with Crippen LogP contribution in [0.4, 0.5) is 4.39 Å². The molecule has 3 aromatic rings. The maximum Gasteiger partial charge on any atom is 0.260 e. The molecule has 31 heavy (non-hydrogen) atoms. The minimum Gasteiger partial charge on any atom is -0.363 e. The van der Waals surface area contributed by atoms with Crippen LogP contribution in [-0.2, 0) is 6.54 Å². The number of benzene rings is 1. The number of pyridine rings is 1. The van der Waals surface area contributed by atoms with E-state index in [0.29, 0.717) is 23.4 Å². The second-order valence-corrected chi connectivity index (χ2v) is 8.28. The lowest BCUT2D eigenvalue weighted by molar-refractivity contribution is 0.0732. The highest BCUT2D eigenvalue weighted by Crippen LogP contribution is 2.34. The average molecular weight is 420 g/mol. The first-order valence-electron chi connectivity index (χ1n) is 10.9. The molecule has 7 heteroatoms. The molecule has 2 saturated heterocycles. The monoisotopic (exact) mass is 420 g/mol. The predicted octanol–water partition coefficient (Wildman–Crippen LogP) is 4.45. The van der Waals surface area contributed by atoms with Gasteiger partial charge < -0.3 is 9.42 Å². The zero-order valence-electron chi connectivity index (χ0n) is 17.3. The van der Waals surface area contributed by atoms with Crippen molar-refractivity contribution < 1.29 is 13.7 Å². The van der Waals surface area contributed by atoms with Gasteiger partial charge in [-0.15, -0.1) is 0 Å². The van der Waals surface area contributed by atoms with Gasteiger partial charge in [0.25, 0.3) is 5.91 Å². The Hall–Kier alpha value is -3.06. The van der Waals surface area contributed by atoms with Gasteiger partial charge in [0.2, 0.25) is 0 Å². The van der Waals surface area contributed by atoms with Crippen molar-refractivity contribution in [3.63, 3.8) is 0 Å². The molecule has 0 radical (unpaired) electrons. The fourth-order valence-corrected chi connectivity index (χ4v) is 4.62. The van der Waals surface area contributed by atoms with Crippen molar-refractivity contribution >= 4 is 5.91 Å². The van der Waals surface area contributed by atoms with Gasteiger partial charge in [-0.2, -0.15) is 0 Å². The first-order valence-corrected chi connectivity index (χ1v) is 10.9. The number of hydrogen-bond donors (Lipinski definition) is 0. The summed E-state index contributed by atoms with van der Waals surface area (Å²) in [6, 6.07) is 12.0. The highest BCUT2D eigenvalue weighted by atomic mass is 19.1. The molecule has 5 rings (SSSR count). The molecular formula is C24H25FN4O2. The summed E-state index contributed by atoms with van der Waals surface area (Å²) >= 11 is 0. The maximum atomic E-state index is 13.4. The van der Waals surface area contributed by atoms with Crippen LogP contribution in [0.3, 0.4) is 0 Å². The van der Waals surface area contributed by atoms with Crippen LogP contribution < -0.4 is 0 Å². The van der Waals surface area contributed by atoms with Crippen molar-refractivity contribution in [3.05, 3.63) is 71.5 Å². The molecule has 2 aromatic heterocycles. The van der Waals surface area contributed by atoms with E-state index in [1.54, 1.807) is 12.1 Å². The Balaban J connectivity index is 1.38. The van der Waals surface area contributed by atoms with Crippen LogP contribution in [0, 0.1) is 5.82 Å². The summed E-state index contributed by atoms with van der Waals surface area (Å²) in [6.45, 7) is 3.77. The van der Waals surface area contributed by atoms with Crippen LogP contribution in [0.2, 0.25) is 0 Å². The van der Waals surface area contributed by atoms with Crippen LogP contribution in [-0.4, -0.2) is 45.5 Å². The smallest absolute Gasteiger partial charge is 0.260 e. The first kappa shape index (κ1) is 19.9. The summed E-state index contributed by atoms with van der Waals surface area (Å²) in [6.07, 6.45) is 5.68. The van der Waals surface area contributed by atoms with Crippen molar-refractivity contribution in [1.82, 2.24) is 19.9 Å². The third-order valence-corrected chi connectivity index (χ3v) is 6.19. The normalized spacial score (nSPS) is 19.3. The van der Waals surface area contributed by atoms with Crippen LogP contribution in [0.15, 0.2) is 53.3 Å². The van der Waals surface area contributed by atoms with E-state index in [2.05, 4.69) is 16.1 Å². The average Bonchev–Trinajstić information content (AvgIpc) is 3.55. The molecule has 4 heterocycles. The molecule has 0 N–H and O–H groups in total. The van der Waals surface area contributed by atoms with Gasteiger partial charge in [-0.25, -0.2) is 4.39 Å². The summed E-state index contributed by atoms with van der Waals surface area (Å²) in [5, 5.41) is 4.01. The lowest BCUT2D eigenvalue weighted by atomic mass is 10.1. The van der Waals surface area contributed by atoms with Gasteiger partial charge in [-0.3, -0.25) is 14.7 Å². The summed E-state index contributed by atoms with van der Waals surface area (Å²) in [5.74, 6) is -0.463. The first-order chi connectivity index (χ1) is 15.2. The molecule has 1 aromatic carbocycles. The van der Waals surface area contributed by atoms with E-state index in [0.717, 1.165) is 43.9 Å². The Morgan fingerprint density at radius 1 is 1.06 bits per heavy atom. The quantitative estimate of drug-likeness (QED) is 0.610. The predicted molar refractivity (Wildman–Crippen MR) is 114 cm³/mol. The van der Waals surface area contributed by atoms with Crippen LogP contribution >= 0.6 is 0 Å². The van der Waals surface area contributed by atoms with E-state index in [1.165, 1.54) is 31.2 Å².